The summed E-state index contributed by atoms with van der Waals surface area (Å²) < 4.78 is 28.3. The number of nitriles is 1. The van der Waals surface area contributed by atoms with E-state index in [0.717, 1.165) is 81.3 Å². The number of nitrogens with zero attached hydrogens (tertiary/aromatic N) is 1. The summed E-state index contributed by atoms with van der Waals surface area (Å²) in [6, 6.07) is 4.85. The first-order chi connectivity index (χ1) is 24.2. The summed E-state index contributed by atoms with van der Waals surface area (Å²) in [6.45, 7) is 6.65. The summed E-state index contributed by atoms with van der Waals surface area (Å²) in [6.07, 6.45) is 11.7. The van der Waals surface area contributed by atoms with E-state index in [1.807, 2.05) is 13.0 Å². The molecule has 2 fully saturated rings. The topological polar surface area (TPSA) is 158 Å². The molecular weight excluding hydrogens is 683 g/mol. The molecule has 11 nitrogen and oxygen atoms in total. The second-order valence-electron chi connectivity index (χ2n) is 12.7. The lowest BCUT2D eigenvalue weighted by Crippen LogP contribution is -2.33. The van der Waals surface area contributed by atoms with Crippen LogP contribution in [-0.2, 0) is 38.1 Å². The molecule has 50 heavy (non-hydrogen) atoms. The van der Waals surface area contributed by atoms with Gasteiger partial charge in [0.15, 0.2) is 5.57 Å². The van der Waals surface area contributed by atoms with Crippen LogP contribution in [0, 0.1) is 23.2 Å². The Morgan fingerprint density at radius 1 is 0.840 bits per heavy atom. The van der Waals surface area contributed by atoms with Crippen LogP contribution in [0.4, 0.5) is 0 Å². The Bertz CT molecular complexity index is 1440. The van der Waals surface area contributed by atoms with Crippen LogP contribution >= 0.6 is 23.5 Å². The van der Waals surface area contributed by atoms with Gasteiger partial charge < -0.3 is 28.8 Å². The number of phenolic OH excluding ortho intramolecular Hbond substituents is 1. The number of benzene rings is 1. The standard InChI is InChI=1S/C37H47NO10S2/c1-3-5-20-46-36(43)28(23-38)37-49-32-29(39)18-19-30(33(32)50-37)48-35(42)25-12-16-27(17-13-25)47-34(41)24-10-14-26(15-11-24)44-21-8-6-7-9-22-45-31(40)4-2/h4,18-19,24-27,39H,2-3,5-17,20-22H2,1H3/b37-28-. The summed E-state index contributed by atoms with van der Waals surface area (Å²) >= 11 is 2.17. The SMILES string of the molecule is C=CC(=O)OCCCCCCOC1CCC(C(=O)OC2CCC(C(=O)Oc3ccc(O)c4c3S/C(=C(/C#N)C(=O)OCCCC)S4)CC2)CC1. The Hall–Kier alpha value is -3.47. The van der Waals surface area contributed by atoms with Gasteiger partial charge in [-0.3, -0.25) is 9.59 Å². The highest BCUT2D eigenvalue weighted by molar-refractivity contribution is 8.24. The highest BCUT2D eigenvalue weighted by Crippen LogP contribution is 2.58. The van der Waals surface area contributed by atoms with Gasteiger partial charge in [0.2, 0.25) is 0 Å². The third-order valence-electron chi connectivity index (χ3n) is 9.01. The summed E-state index contributed by atoms with van der Waals surface area (Å²) in [5.74, 6) is -1.98. The maximum atomic E-state index is 13.2. The van der Waals surface area contributed by atoms with Crippen molar-refractivity contribution in [3.05, 3.63) is 34.6 Å². The van der Waals surface area contributed by atoms with E-state index < -0.39 is 11.9 Å². The van der Waals surface area contributed by atoms with Crippen molar-refractivity contribution < 1.29 is 48.0 Å². The Labute approximate surface area is 302 Å². The molecule has 2 aliphatic carbocycles. The Balaban J connectivity index is 1.16. The molecule has 1 aromatic carbocycles. The predicted octanol–water partition coefficient (Wildman–Crippen LogP) is 7.54. The molecule has 1 aliphatic heterocycles. The minimum absolute atomic E-state index is 0.0405. The van der Waals surface area contributed by atoms with Crippen molar-refractivity contribution in [1.29, 1.82) is 5.26 Å². The van der Waals surface area contributed by atoms with E-state index in [4.69, 9.17) is 23.7 Å². The monoisotopic (exact) mass is 729 g/mol. The Morgan fingerprint density at radius 3 is 2.12 bits per heavy atom. The fourth-order valence-corrected chi connectivity index (χ4v) is 8.57. The lowest BCUT2D eigenvalue weighted by Gasteiger charge is -2.31. The molecule has 2 saturated carbocycles. The fourth-order valence-electron chi connectivity index (χ4n) is 6.05. The lowest BCUT2D eigenvalue weighted by molar-refractivity contribution is -0.159. The highest BCUT2D eigenvalue weighted by atomic mass is 32.2. The van der Waals surface area contributed by atoms with E-state index in [-0.39, 0.29) is 59.7 Å². The number of hydrogen-bond donors (Lipinski definition) is 1. The van der Waals surface area contributed by atoms with Gasteiger partial charge in [0.05, 0.1) is 45.2 Å². The van der Waals surface area contributed by atoms with E-state index in [2.05, 4.69) is 6.58 Å². The number of esters is 4. The third-order valence-corrected chi connectivity index (χ3v) is 11.6. The van der Waals surface area contributed by atoms with Gasteiger partial charge in [0, 0.05) is 12.7 Å². The summed E-state index contributed by atoms with van der Waals surface area (Å²) in [7, 11) is 0. The molecule has 13 heteroatoms. The second-order valence-corrected chi connectivity index (χ2v) is 15.0. The molecule has 1 heterocycles. The molecule has 4 rings (SSSR count). The van der Waals surface area contributed by atoms with Gasteiger partial charge in [-0.1, -0.05) is 49.9 Å². The van der Waals surface area contributed by atoms with Crippen molar-refractivity contribution >= 4 is 47.4 Å². The van der Waals surface area contributed by atoms with Crippen LogP contribution in [0.15, 0.2) is 44.4 Å². The number of thioether (sulfide) groups is 2. The van der Waals surface area contributed by atoms with Crippen LogP contribution in [0.25, 0.3) is 0 Å². The number of unbranched alkanes of at least 4 members (excludes halogenated alkanes) is 4. The minimum Gasteiger partial charge on any atom is -0.507 e. The van der Waals surface area contributed by atoms with Crippen LogP contribution in [0.3, 0.4) is 0 Å². The van der Waals surface area contributed by atoms with Crippen molar-refractivity contribution in [2.24, 2.45) is 11.8 Å². The molecule has 0 unspecified atom stereocenters. The zero-order valence-electron chi connectivity index (χ0n) is 28.7. The van der Waals surface area contributed by atoms with Gasteiger partial charge in [-0.05, 0) is 89.2 Å². The van der Waals surface area contributed by atoms with E-state index in [1.54, 1.807) is 0 Å². The molecule has 0 aromatic heterocycles. The number of rotatable bonds is 17. The van der Waals surface area contributed by atoms with Crippen LogP contribution in [0.1, 0.15) is 96.8 Å². The predicted molar refractivity (Wildman–Crippen MR) is 187 cm³/mol. The van der Waals surface area contributed by atoms with Crippen molar-refractivity contribution in [2.75, 3.05) is 19.8 Å². The molecule has 3 aliphatic rings. The number of hydrogen-bond acceptors (Lipinski definition) is 13. The number of carbonyl (C=O) groups is 4. The zero-order chi connectivity index (χ0) is 35.9. The molecule has 1 N–H and O–H groups in total. The number of ether oxygens (including phenoxy) is 5. The first-order valence-electron chi connectivity index (χ1n) is 17.6. The van der Waals surface area contributed by atoms with Crippen LogP contribution in [0.5, 0.6) is 11.5 Å². The summed E-state index contributed by atoms with van der Waals surface area (Å²) in [5, 5.41) is 20.1. The molecule has 1 aromatic rings. The second kappa shape index (κ2) is 20.4. The average Bonchev–Trinajstić information content (AvgIpc) is 3.57. The molecule has 0 saturated heterocycles. The maximum Gasteiger partial charge on any atom is 0.350 e. The van der Waals surface area contributed by atoms with Gasteiger partial charge in [-0.15, -0.1) is 0 Å². The van der Waals surface area contributed by atoms with E-state index in [9.17, 15) is 29.5 Å². The lowest BCUT2D eigenvalue weighted by atomic mass is 9.86. The zero-order valence-corrected chi connectivity index (χ0v) is 30.3. The normalized spacial score (nSPS) is 22.4. The third kappa shape index (κ3) is 11.5. The fraction of sp³-hybridized carbons (Fsp3) is 0.595. The number of aromatic hydroxyl groups is 1. The molecule has 272 valence electrons. The Morgan fingerprint density at radius 2 is 1.46 bits per heavy atom. The molecule has 0 amide bonds. The molecule has 0 spiro atoms. The van der Waals surface area contributed by atoms with Crippen molar-refractivity contribution in [1.82, 2.24) is 0 Å². The van der Waals surface area contributed by atoms with Gasteiger partial charge in [-0.2, -0.15) is 5.26 Å². The Kier molecular flexibility index (Phi) is 16.0. The smallest absolute Gasteiger partial charge is 0.350 e. The summed E-state index contributed by atoms with van der Waals surface area (Å²) in [5.41, 5.74) is -0.149. The maximum absolute atomic E-state index is 13.2. The first-order valence-corrected chi connectivity index (χ1v) is 19.2. The minimum atomic E-state index is -0.720. The van der Waals surface area contributed by atoms with E-state index >= 15 is 0 Å². The highest BCUT2D eigenvalue weighted by Gasteiger charge is 2.35. The van der Waals surface area contributed by atoms with E-state index in [0.29, 0.717) is 59.3 Å². The van der Waals surface area contributed by atoms with Gasteiger partial charge in [-0.25, -0.2) is 9.59 Å². The van der Waals surface area contributed by atoms with E-state index in [1.165, 1.54) is 18.2 Å². The average molecular weight is 730 g/mol. The van der Waals surface area contributed by atoms with Crippen molar-refractivity contribution in [2.45, 2.75) is 119 Å². The van der Waals surface area contributed by atoms with Crippen LogP contribution in [0.2, 0.25) is 0 Å². The van der Waals surface area contributed by atoms with Crippen LogP contribution < -0.4 is 4.74 Å². The molecule has 0 bridgehead atoms. The number of fused-ring (bicyclic) bond motifs is 1. The first kappa shape index (κ1) is 39.3. The quantitative estimate of drug-likeness (QED) is 0.0419. The van der Waals surface area contributed by atoms with Gasteiger partial charge >= 0.3 is 23.9 Å². The summed E-state index contributed by atoms with van der Waals surface area (Å²) in [4.78, 5) is 50.6. The van der Waals surface area contributed by atoms with Gasteiger partial charge in [0.1, 0.15) is 23.7 Å². The molecular formula is C37H47NO10S2. The number of carbonyl (C=O) groups excluding carboxylic acids is 4. The number of phenols is 1. The molecule has 0 radical (unpaired) electrons. The molecule has 0 atom stereocenters. The largest absolute Gasteiger partial charge is 0.507 e. The van der Waals surface area contributed by atoms with Crippen molar-refractivity contribution in [3.63, 3.8) is 0 Å². The van der Waals surface area contributed by atoms with Gasteiger partial charge in [0.25, 0.3) is 0 Å². The van der Waals surface area contributed by atoms with Crippen molar-refractivity contribution in [3.8, 4) is 17.6 Å². The van der Waals surface area contributed by atoms with Crippen LogP contribution in [-0.4, -0.2) is 61.0 Å².